The molecule has 0 aromatic heterocycles. The number of hydrogen-bond acceptors (Lipinski definition) is 6. The number of rotatable bonds is 10. The Kier molecular flexibility index (Phi) is 11.0. The number of carbonyl (C=O) groups excluding carboxylic acids is 2. The third kappa shape index (κ3) is 8.55. The van der Waals surface area contributed by atoms with Gasteiger partial charge in [-0.2, -0.15) is 0 Å². The Morgan fingerprint density at radius 2 is 1.73 bits per heavy atom. The summed E-state index contributed by atoms with van der Waals surface area (Å²) in [6.07, 6.45) is 5.07. The highest BCUT2D eigenvalue weighted by Crippen LogP contribution is 2.35. The predicted octanol–water partition coefficient (Wildman–Crippen LogP) is 6.29. The summed E-state index contributed by atoms with van der Waals surface area (Å²) in [6.45, 7) is 5.47. The maximum absolute atomic E-state index is 13.8. The molecule has 3 aromatic carbocycles. The third-order valence-corrected chi connectivity index (χ3v) is 8.73. The number of fused-ring (bicyclic) bond motifs is 1. The molecule has 3 amide bonds. The van der Waals surface area contributed by atoms with Gasteiger partial charge in [0, 0.05) is 31.6 Å². The van der Waals surface area contributed by atoms with Gasteiger partial charge < -0.3 is 30.1 Å². The first-order valence-corrected chi connectivity index (χ1v) is 16.1. The average Bonchev–Trinajstić information content (AvgIpc) is 3.04. The van der Waals surface area contributed by atoms with Gasteiger partial charge in [0.15, 0.2) is 5.75 Å². The summed E-state index contributed by atoms with van der Waals surface area (Å²) >= 11 is 0. The minimum absolute atomic E-state index is 0.0516. The van der Waals surface area contributed by atoms with Gasteiger partial charge in [-0.1, -0.05) is 62.6 Å². The summed E-state index contributed by atoms with van der Waals surface area (Å²) in [6, 6.07) is 22.5. The predicted molar refractivity (Wildman–Crippen MR) is 176 cm³/mol. The normalized spacial score (nSPS) is 19.6. The van der Waals surface area contributed by atoms with E-state index >= 15 is 0 Å². The van der Waals surface area contributed by atoms with Crippen LogP contribution in [0, 0.1) is 5.92 Å². The Morgan fingerprint density at radius 1 is 1.02 bits per heavy atom. The summed E-state index contributed by atoms with van der Waals surface area (Å²) in [5, 5.41) is 16.1. The Labute approximate surface area is 266 Å². The van der Waals surface area contributed by atoms with E-state index in [9.17, 15) is 14.7 Å². The zero-order valence-electron chi connectivity index (χ0n) is 26.6. The number of benzene rings is 3. The molecule has 0 unspecified atom stereocenters. The first kappa shape index (κ1) is 32.3. The summed E-state index contributed by atoms with van der Waals surface area (Å²) < 4.78 is 12.6. The number of hydrogen-bond donors (Lipinski definition) is 3. The van der Waals surface area contributed by atoms with Crippen molar-refractivity contribution in [2.75, 3.05) is 32.1 Å². The Morgan fingerprint density at radius 3 is 2.44 bits per heavy atom. The molecule has 0 radical (unpaired) electrons. The second-order valence-corrected chi connectivity index (χ2v) is 12.5. The van der Waals surface area contributed by atoms with Crippen LogP contribution in [0.4, 0.5) is 10.5 Å². The molecule has 0 spiro atoms. The molecule has 0 saturated heterocycles. The third-order valence-electron chi connectivity index (χ3n) is 8.73. The van der Waals surface area contributed by atoms with Crippen molar-refractivity contribution in [1.82, 2.24) is 15.1 Å². The van der Waals surface area contributed by atoms with E-state index in [2.05, 4.69) is 34.6 Å². The van der Waals surface area contributed by atoms with Crippen molar-refractivity contribution in [3.05, 3.63) is 83.9 Å². The van der Waals surface area contributed by atoms with Gasteiger partial charge in [-0.25, -0.2) is 4.79 Å². The fraction of sp³-hybridized carbons (Fsp3) is 0.444. The zero-order valence-corrected chi connectivity index (χ0v) is 26.6. The van der Waals surface area contributed by atoms with E-state index in [0.29, 0.717) is 36.6 Å². The van der Waals surface area contributed by atoms with Crippen LogP contribution >= 0.6 is 0 Å². The average molecular weight is 615 g/mol. The zero-order chi connectivity index (χ0) is 31.8. The van der Waals surface area contributed by atoms with Crippen LogP contribution in [0.15, 0.2) is 72.8 Å². The number of aliphatic hydroxyl groups is 1. The molecule has 1 fully saturated rings. The molecule has 3 aromatic rings. The molecule has 3 atom stereocenters. The maximum Gasteiger partial charge on any atom is 0.319 e. The molecule has 2 aliphatic rings. The van der Waals surface area contributed by atoms with Crippen molar-refractivity contribution in [3.63, 3.8) is 0 Å². The summed E-state index contributed by atoms with van der Waals surface area (Å²) in [5.41, 5.74) is 1.96. The van der Waals surface area contributed by atoms with Crippen LogP contribution < -0.4 is 20.1 Å². The summed E-state index contributed by atoms with van der Waals surface area (Å²) in [7, 11) is 2.05. The van der Waals surface area contributed by atoms with E-state index in [0.717, 1.165) is 42.7 Å². The molecular formula is C36H46N4O5. The van der Waals surface area contributed by atoms with Crippen LogP contribution in [-0.4, -0.2) is 71.8 Å². The molecular weight excluding hydrogens is 568 g/mol. The second-order valence-electron chi connectivity index (χ2n) is 12.5. The number of carbonyl (C=O) groups is 2. The molecule has 5 rings (SSSR count). The highest BCUT2D eigenvalue weighted by molar-refractivity contribution is 6.01. The van der Waals surface area contributed by atoms with Crippen LogP contribution in [0.3, 0.4) is 0 Å². The standard InChI is InChI=1S/C36H46N4O5/c1-25-21-40(26(2)24-41)35(42)31-15-10-16-32(38-36(43)37-28-11-6-4-7-12-28)34(31)45-33(25)23-39(3)22-27-17-19-30(20-18-27)44-29-13-8-5-9-14-29/h5,8-10,13-20,25-26,28,33,41H,4,6-7,11-12,21-24H2,1-3H3,(H2,37,38,43)/t25-,26+,33-/m0/s1. The molecule has 0 bridgehead atoms. The molecule has 45 heavy (non-hydrogen) atoms. The topological polar surface area (TPSA) is 103 Å². The largest absolute Gasteiger partial charge is 0.486 e. The van der Waals surface area contributed by atoms with Gasteiger partial charge in [0.2, 0.25) is 0 Å². The number of para-hydroxylation sites is 2. The fourth-order valence-corrected chi connectivity index (χ4v) is 6.12. The maximum atomic E-state index is 13.8. The van der Waals surface area contributed by atoms with Crippen LogP contribution in [0.5, 0.6) is 17.2 Å². The molecule has 1 aliphatic carbocycles. The van der Waals surface area contributed by atoms with E-state index in [1.54, 1.807) is 23.1 Å². The van der Waals surface area contributed by atoms with Crippen molar-refractivity contribution in [2.24, 2.45) is 5.92 Å². The second kappa shape index (κ2) is 15.3. The lowest BCUT2D eigenvalue weighted by Crippen LogP contribution is -2.50. The number of urea groups is 1. The van der Waals surface area contributed by atoms with E-state index < -0.39 is 0 Å². The Hall–Kier alpha value is -4.08. The van der Waals surface area contributed by atoms with Gasteiger partial charge in [-0.15, -0.1) is 0 Å². The minimum Gasteiger partial charge on any atom is -0.486 e. The van der Waals surface area contributed by atoms with Gasteiger partial charge >= 0.3 is 6.03 Å². The van der Waals surface area contributed by atoms with Crippen LogP contribution in [0.2, 0.25) is 0 Å². The summed E-state index contributed by atoms with van der Waals surface area (Å²) in [4.78, 5) is 30.8. The van der Waals surface area contributed by atoms with Gasteiger partial charge in [0.05, 0.1) is 23.9 Å². The van der Waals surface area contributed by atoms with Gasteiger partial charge in [0.25, 0.3) is 5.91 Å². The fourth-order valence-electron chi connectivity index (χ4n) is 6.12. The molecule has 3 N–H and O–H groups in total. The lowest BCUT2D eigenvalue weighted by molar-refractivity contribution is 0.0343. The van der Waals surface area contributed by atoms with Crippen molar-refractivity contribution >= 4 is 17.6 Å². The monoisotopic (exact) mass is 614 g/mol. The molecule has 1 aliphatic heterocycles. The lowest BCUT2D eigenvalue weighted by atomic mass is 9.96. The van der Waals surface area contributed by atoms with Gasteiger partial charge in [-0.05, 0) is 68.8 Å². The van der Waals surface area contributed by atoms with Crippen LogP contribution in [0.25, 0.3) is 0 Å². The number of likely N-dealkylation sites (N-methyl/N-ethyl adjacent to an activating group) is 1. The minimum atomic E-state index is -0.368. The van der Waals surface area contributed by atoms with Crippen molar-refractivity contribution in [1.29, 1.82) is 0 Å². The number of nitrogens with zero attached hydrogens (tertiary/aromatic N) is 2. The Bertz CT molecular complexity index is 1410. The number of anilines is 1. The highest BCUT2D eigenvalue weighted by atomic mass is 16.5. The van der Waals surface area contributed by atoms with E-state index in [1.165, 1.54) is 6.42 Å². The SMILES string of the molecule is C[C@H](CO)N1C[C@H](C)[C@H](CN(C)Cc2ccc(Oc3ccccc3)cc2)Oc2c(NC(=O)NC3CCCCC3)cccc2C1=O. The Balaban J connectivity index is 1.32. The first-order chi connectivity index (χ1) is 21.8. The number of nitrogens with one attached hydrogen (secondary N) is 2. The first-order valence-electron chi connectivity index (χ1n) is 16.1. The van der Waals surface area contributed by atoms with Crippen LogP contribution in [0.1, 0.15) is 61.9 Å². The van der Waals surface area contributed by atoms with E-state index in [4.69, 9.17) is 9.47 Å². The molecule has 9 nitrogen and oxygen atoms in total. The van der Waals surface area contributed by atoms with E-state index in [-0.39, 0.29) is 42.7 Å². The number of amides is 3. The lowest BCUT2D eigenvalue weighted by Gasteiger charge is -2.38. The molecule has 1 heterocycles. The molecule has 9 heteroatoms. The highest BCUT2D eigenvalue weighted by Gasteiger charge is 2.34. The van der Waals surface area contributed by atoms with Crippen molar-refractivity contribution in [2.45, 2.75) is 70.7 Å². The number of ether oxygens (including phenoxy) is 2. The molecule has 240 valence electrons. The van der Waals surface area contributed by atoms with E-state index in [1.807, 2.05) is 56.4 Å². The number of aliphatic hydroxyl groups excluding tert-OH is 1. The quantitative estimate of drug-likeness (QED) is 0.248. The van der Waals surface area contributed by atoms with Crippen LogP contribution in [-0.2, 0) is 6.54 Å². The summed E-state index contributed by atoms with van der Waals surface area (Å²) in [5.74, 6) is 1.66. The van der Waals surface area contributed by atoms with Gasteiger partial charge in [-0.3, -0.25) is 9.69 Å². The van der Waals surface area contributed by atoms with Gasteiger partial charge in [0.1, 0.15) is 17.6 Å². The smallest absolute Gasteiger partial charge is 0.319 e. The molecule has 1 saturated carbocycles. The van der Waals surface area contributed by atoms with Crippen molar-refractivity contribution in [3.8, 4) is 17.2 Å². The van der Waals surface area contributed by atoms with Crippen molar-refractivity contribution < 1.29 is 24.2 Å².